The Morgan fingerprint density at radius 1 is 0.946 bits per heavy atom. The van der Waals surface area contributed by atoms with Gasteiger partial charge >= 0.3 is 0 Å². The Labute approximate surface area is 216 Å². The van der Waals surface area contributed by atoms with Crippen LogP contribution in [0.1, 0.15) is 40.7 Å². The molecule has 1 N–H and O–H groups in total. The summed E-state index contributed by atoms with van der Waals surface area (Å²) in [7, 11) is 0. The van der Waals surface area contributed by atoms with Crippen molar-refractivity contribution < 1.29 is 4.79 Å². The summed E-state index contributed by atoms with van der Waals surface area (Å²) < 4.78 is 3.35. The summed E-state index contributed by atoms with van der Waals surface area (Å²) in [4.78, 5) is 26.5. The molecule has 2 heterocycles. The highest BCUT2D eigenvalue weighted by molar-refractivity contribution is 6.07. The van der Waals surface area contributed by atoms with Gasteiger partial charge in [0.25, 0.3) is 5.56 Å². The summed E-state index contributed by atoms with van der Waals surface area (Å²) in [5.74, 6) is -0.0644. The van der Waals surface area contributed by atoms with E-state index in [1.54, 1.807) is 6.20 Å². The summed E-state index contributed by atoms with van der Waals surface area (Å²) in [5, 5.41) is 9.13. The van der Waals surface area contributed by atoms with Gasteiger partial charge in [0.2, 0.25) is 5.91 Å². The number of benzene rings is 3. The molecule has 5 aromatic rings. The summed E-state index contributed by atoms with van der Waals surface area (Å²) in [5.41, 5.74) is 7.27. The first-order valence-electron chi connectivity index (χ1n) is 12.7. The molecule has 0 fully saturated rings. The van der Waals surface area contributed by atoms with Crippen molar-refractivity contribution in [2.24, 2.45) is 0 Å². The SMILES string of the molecule is Cc1cc(C)c(Cn2c3ccccc3c3cnn(CC(=O)NCC(C)c4ccccc4)c(=O)c32)c(C)c1. The Kier molecular flexibility index (Phi) is 6.66. The molecular formula is C31H32N4O2. The fourth-order valence-corrected chi connectivity index (χ4v) is 5.25. The number of para-hydroxylation sites is 1. The van der Waals surface area contributed by atoms with E-state index in [0.29, 0.717) is 18.6 Å². The molecule has 0 aliphatic heterocycles. The van der Waals surface area contributed by atoms with Crippen LogP contribution in [0.3, 0.4) is 0 Å². The van der Waals surface area contributed by atoms with Gasteiger partial charge in [-0.2, -0.15) is 5.10 Å². The van der Waals surface area contributed by atoms with E-state index in [9.17, 15) is 9.59 Å². The van der Waals surface area contributed by atoms with Crippen LogP contribution in [0.25, 0.3) is 21.8 Å². The van der Waals surface area contributed by atoms with Crippen molar-refractivity contribution in [2.75, 3.05) is 6.54 Å². The van der Waals surface area contributed by atoms with Crippen molar-refractivity contribution in [3.05, 3.63) is 111 Å². The van der Waals surface area contributed by atoms with Crippen LogP contribution in [-0.2, 0) is 17.9 Å². The van der Waals surface area contributed by atoms with Gasteiger partial charge in [0.1, 0.15) is 12.1 Å². The Balaban J connectivity index is 1.49. The molecule has 188 valence electrons. The number of nitrogens with zero attached hydrogens (tertiary/aromatic N) is 3. The van der Waals surface area contributed by atoms with Crippen LogP contribution in [-0.4, -0.2) is 26.8 Å². The van der Waals surface area contributed by atoms with Gasteiger partial charge in [0, 0.05) is 29.4 Å². The van der Waals surface area contributed by atoms with Crippen LogP contribution in [0.5, 0.6) is 0 Å². The topological polar surface area (TPSA) is 68.9 Å². The zero-order valence-electron chi connectivity index (χ0n) is 21.8. The number of aryl methyl sites for hydroxylation is 3. The average molecular weight is 493 g/mol. The number of carbonyl (C=O) groups excluding carboxylic acids is 1. The van der Waals surface area contributed by atoms with E-state index in [-0.39, 0.29) is 23.9 Å². The van der Waals surface area contributed by atoms with E-state index >= 15 is 0 Å². The summed E-state index contributed by atoms with van der Waals surface area (Å²) >= 11 is 0. The van der Waals surface area contributed by atoms with Crippen molar-refractivity contribution in [3.63, 3.8) is 0 Å². The molecule has 0 radical (unpaired) electrons. The number of rotatable bonds is 7. The first-order chi connectivity index (χ1) is 17.8. The Morgan fingerprint density at radius 3 is 2.35 bits per heavy atom. The van der Waals surface area contributed by atoms with Crippen LogP contribution in [0.15, 0.2) is 77.7 Å². The zero-order chi connectivity index (χ0) is 26.1. The van der Waals surface area contributed by atoms with Gasteiger partial charge in [0.05, 0.1) is 6.20 Å². The number of fused-ring (bicyclic) bond motifs is 3. The summed E-state index contributed by atoms with van der Waals surface area (Å²) in [6.45, 7) is 9.34. The van der Waals surface area contributed by atoms with Crippen LogP contribution in [0.4, 0.5) is 0 Å². The molecule has 0 saturated heterocycles. The van der Waals surface area contributed by atoms with Gasteiger partial charge in [-0.15, -0.1) is 0 Å². The highest BCUT2D eigenvalue weighted by Gasteiger charge is 2.18. The van der Waals surface area contributed by atoms with Crippen molar-refractivity contribution in [1.82, 2.24) is 19.7 Å². The first-order valence-corrected chi connectivity index (χ1v) is 12.7. The fourth-order valence-electron chi connectivity index (χ4n) is 5.25. The maximum Gasteiger partial charge on any atom is 0.291 e. The highest BCUT2D eigenvalue weighted by Crippen LogP contribution is 2.28. The van der Waals surface area contributed by atoms with Crippen LogP contribution >= 0.6 is 0 Å². The lowest BCUT2D eigenvalue weighted by Crippen LogP contribution is -2.35. The molecule has 0 spiro atoms. The minimum atomic E-state index is -0.262. The largest absolute Gasteiger partial charge is 0.354 e. The molecule has 2 aromatic heterocycles. The van der Waals surface area contributed by atoms with Crippen LogP contribution in [0.2, 0.25) is 0 Å². The molecule has 0 aliphatic carbocycles. The van der Waals surface area contributed by atoms with E-state index in [4.69, 9.17) is 0 Å². The molecule has 3 aromatic carbocycles. The van der Waals surface area contributed by atoms with Gasteiger partial charge < -0.3 is 9.88 Å². The lowest BCUT2D eigenvalue weighted by molar-refractivity contribution is -0.121. The quantitative estimate of drug-likeness (QED) is 0.338. The molecule has 37 heavy (non-hydrogen) atoms. The van der Waals surface area contributed by atoms with Gasteiger partial charge in [-0.1, -0.05) is 73.2 Å². The number of amides is 1. The third kappa shape index (κ3) is 4.79. The van der Waals surface area contributed by atoms with Crippen molar-refractivity contribution in [3.8, 4) is 0 Å². The zero-order valence-corrected chi connectivity index (χ0v) is 21.8. The van der Waals surface area contributed by atoms with Crippen molar-refractivity contribution in [1.29, 1.82) is 0 Å². The number of nitrogens with one attached hydrogen (secondary N) is 1. The maximum absolute atomic E-state index is 13.7. The molecule has 0 saturated carbocycles. The Hall–Kier alpha value is -4.19. The number of hydrogen-bond donors (Lipinski definition) is 1. The molecule has 6 nitrogen and oxygen atoms in total. The Morgan fingerprint density at radius 2 is 1.62 bits per heavy atom. The van der Waals surface area contributed by atoms with Gasteiger partial charge in [-0.25, -0.2) is 4.68 Å². The summed E-state index contributed by atoms with van der Waals surface area (Å²) in [6.07, 6.45) is 1.71. The second-order valence-corrected chi connectivity index (χ2v) is 9.97. The first kappa shape index (κ1) is 24.5. The van der Waals surface area contributed by atoms with Gasteiger partial charge in [0.15, 0.2) is 0 Å². The van der Waals surface area contributed by atoms with E-state index in [1.165, 1.54) is 26.9 Å². The van der Waals surface area contributed by atoms with E-state index < -0.39 is 0 Å². The molecule has 6 heteroatoms. The smallest absolute Gasteiger partial charge is 0.291 e. The van der Waals surface area contributed by atoms with Crippen molar-refractivity contribution in [2.45, 2.75) is 46.7 Å². The standard InChI is InChI=1S/C31H32N4O2/c1-20-14-21(2)27(22(3)15-20)18-34-28-13-9-8-12-25(28)26-17-33-35(31(37)30(26)34)19-29(36)32-16-23(4)24-10-6-5-7-11-24/h5-15,17,23H,16,18-19H2,1-4H3,(H,32,36). The fraction of sp³-hybridized carbons (Fsp3) is 0.258. The van der Waals surface area contributed by atoms with Crippen LogP contribution < -0.4 is 10.9 Å². The lowest BCUT2D eigenvalue weighted by atomic mass is 10.00. The second-order valence-electron chi connectivity index (χ2n) is 9.97. The predicted octanol–water partition coefficient (Wildman–Crippen LogP) is 5.24. The monoisotopic (exact) mass is 492 g/mol. The molecule has 1 unspecified atom stereocenters. The summed E-state index contributed by atoms with van der Waals surface area (Å²) in [6, 6.07) is 22.4. The molecule has 5 rings (SSSR count). The number of aromatic nitrogens is 3. The van der Waals surface area contributed by atoms with Gasteiger partial charge in [-0.3, -0.25) is 9.59 Å². The molecule has 1 amide bonds. The van der Waals surface area contributed by atoms with E-state index in [2.05, 4.69) is 54.8 Å². The number of hydrogen-bond acceptors (Lipinski definition) is 3. The Bertz CT molecular complexity index is 1640. The second kappa shape index (κ2) is 10.1. The molecule has 1 atom stereocenters. The van der Waals surface area contributed by atoms with E-state index in [1.807, 2.05) is 54.6 Å². The minimum absolute atomic E-state index is 0.125. The minimum Gasteiger partial charge on any atom is -0.354 e. The molecule has 0 bridgehead atoms. The van der Waals surface area contributed by atoms with E-state index in [0.717, 1.165) is 21.9 Å². The van der Waals surface area contributed by atoms with Gasteiger partial charge in [-0.05, 0) is 55.0 Å². The third-order valence-corrected chi connectivity index (χ3v) is 7.20. The van der Waals surface area contributed by atoms with Crippen LogP contribution in [0, 0.1) is 20.8 Å². The highest BCUT2D eigenvalue weighted by atomic mass is 16.2. The average Bonchev–Trinajstić information content (AvgIpc) is 3.21. The molecule has 0 aliphatic rings. The predicted molar refractivity (Wildman–Crippen MR) is 149 cm³/mol. The molecular weight excluding hydrogens is 460 g/mol. The lowest BCUT2D eigenvalue weighted by Gasteiger charge is -2.15. The third-order valence-electron chi connectivity index (χ3n) is 7.20. The maximum atomic E-state index is 13.7. The number of carbonyl (C=O) groups is 1. The van der Waals surface area contributed by atoms with Crippen molar-refractivity contribution >= 4 is 27.7 Å². The normalized spacial score (nSPS) is 12.2.